The maximum Gasteiger partial charge on any atom is 0.105 e. The van der Waals surface area contributed by atoms with Crippen LogP contribution in [0.4, 0.5) is 0 Å². The molecule has 0 saturated heterocycles. The Morgan fingerprint density at radius 3 is 3.17 bits per heavy atom. The number of nitrogens with one attached hydrogen (secondary N) is 1. The topological polar surface area (TPSA) is 25.2 Å². The van der Waals surface area contributed by atoms with Crippen molar-refractivity contribution in [2.75, 3.05) is 6.54 Å². The second-order valence-electron chi connectivity index (χ2n) is 2.77. The van der Waals surface area contributed by atoms with Gasteiger partial charge in [0.05, 0.1) is 12.8 Å². The van der Waals surface area contributed by atoms with Crippen LogP contribution in [0.3, 0.4) is 0 Å². The first-order valence-corrected chi connectivity index (χ1v) is 4.02. The number of furan rings is 1. The van der Waals surface area contributed by atoms with Crippen LogP contribution in [0.1, 0.15) is 12.7 Å². The number of hydrogen-bond donors (Lipinski definition) is 1. The predicted octanol–water partition coefficient (Wildman–Crippen LogP) is 1.43. The monoisotopic (exact) mass is 163 g/mol. The Bertz CT molecular complexity index is 245. The van der Waals surface area contributed by atoms with Crippen LogP contribution in [-0.2, 0) is 6.42 Å². The Balaban J connectivity index is 2.28. The molecule has 2 nitrogen and oxygen atoms in total. The standard InChI is InChI=1S/C10H13NO/c1-3-6-11-9(2)8-10-5-4-7-12-10/h1,4-5,7,9,11H,6,8H2,2H3. The minimum absolute atomic E-state index is 0.368. The molecule has 1 rings (SSSR count). The second kappa shape index (κ2) is 4.63. The van der Waals surface area contributed by atoms with Gasteiger partial charge in [0, 0.05) is 12.5 Å². The molecule has 1 unspecified atom stereocenters. The summed E-state index contributed by atoms with van der Waals surface area (Å²) in [6.07, 6.45) is 7.68. The van der Waals surface area contributed by atoms with Gasteiger partial charge in [-0.15, -0.1) is 6.42 Å². The lowest BCUT2D eigenvalue weighted by molar-refractivity contribution is 0.467. The molecule has 0 amide bonds. The number of hydrogen-bond acceptors (Lipinski definition) is 2. The molecule has 0 bridgehead atoms. The van der Waals surface area contributed by atoms with Crippen molar-refractivity contribution in [3.8, 4) is 12.3 Å². The average molecular weight is 163 g/mol. The SMILES string of the molecule is C#CCNC(C)Cc1ccco1. The van der Waals surface area contributed by atoms with Crippen LogP contribution in [0, 0.1) is 12.3 Å². The Morgan fingerprint density at radius 1 is 1.75 bits per heavy atom. The summed E-state index contributed by atoms with van der Waals surface area (Å²) < 4.78 is 5.19. The van der Waals surface area contributed by atoms with Crippen molar-refractivity contribution < 1.29 is 4.42 Å². The van der Waals surface area contributed by atoms with Crippen LogP contribution < -0.4 is 5.32 Å². The zero-order chi connectivity index (χ0) is 8.81. The molecule has 1 atom stereocenters. The fourth-order valence-electron chi connectivity index (χ4n) is 1.04. The molecule has 0 spiro atoms. The molecule has 64 valence electrons. The van der Waals surface area contributed by atoms with Gasteiger partial charge in [0.25, 0.3) is 0 Å². The molecule has 12 heavy (non-hydrogen) atoms. The molecule has 1 N–H and O–H groups in total. The summed E-state index contributed by atoms with van der Waals surface area (Å²) in [5, 5.41) is 3.17. The van der Waals surface area contributed by atoms with E-state index < -0.39 is 0 Å². The van der Waals surface area contributed by atoms with E-state index in [1.807, 2.05) is 12.1 Å². The lowest BCUT2D eigenvalue weighted by atomic mass is 10.2. The van der Waals surface area contributed by atoms with Gasteiger partial charge in [0.1, 0.15) is 5.76 Å². The maximum absolute atomic E-state index is 5.19. The largest absolute Gasteiger partial charge is 0.469 e. The van der Waals surface area contributed by atoms with Crippen LogP contribution in [-0.4, -0.2) is 12.6 Å². The van der Waals surface area contributed by atoms with E-state index in [1.165, 1.54) is 0 Å². The first-order chi connectivity index (χ1) is 5.83. The molecule has 0 radical (unpaired) electrons. The molecule has 0 aromatic carbocycles. The Hall–Kier alpha value is -1.20. The minimum atomic E-state index is 0.368. The summed E-state index contributed by atoms with van der Waals surface area (Å²) in [4.78, 5) is 0. The quantitative estimate of drug-likeness (QED) is 0.679. The molecule has 0 fully saturated rings. The summed E-state index contributed by atoms with van der Waals surface area (Å²) in [6, 6.07) is 4.23. The van der Waals surface area contributed by atoms with Gasteiger partial charge >= 0.3 is 0 Å². The lowest BCUT2D eigenvalue weighted by Gasteiger charge is -2.08. The van der Waals surface area contributed by atoms with E-state index in [4.69, 9.17) is 10.8 Å². The van der Waals surface area contributed by atoms with E-state index >= 15 is 0 Å². The molecule has 0 aliphatic rings. The molecular formula is C10H13NO. The average Bonchev–Trinajstić information content (AvgIpc) is 2.53. The highest BCUT2D eigenvalue weighted by atomic mass is 16.3. The van der Waals surface area contributed by atoms with Crippen molar-refractivity contribution in [2.24, 2.45) is 0 Å². The van der Waals surface area contributed by atoms with Crippen LogP contribution >= 0.6 is 0 Å². The van der Waals surface area contributed by atoms with Crippen molar-refractivity contribution >= 4 is 0 Å². The van der Waals surface area contributed by atoms with Gasteiger partial charge in [-0.05, 0) is 19.1 Å². The van der Waals surface area contributed by atoms with Crippen LogP contribution in [0.25, 0.3) is 0 Å². The van der Waals surface area contributed by atoms with E-state index in [1.54, 1.807) is 6.26 Å². The normalized spacial score (nSPS) is 12.3. The highest BCUT2D eigenvalue weighted by Crippen LogP contribution is 2.03. The van der Waals surface area contributed by atoms with Crippen molar-refractivity contribution in [1.29, 1.82) is 0 Å². The predicted molar refractivity (Wildman–Crippen MR) is 48.7 cm³/mol. The van der Waals surface area contributed by atoms with Crippen LogP contribution in [0.5, 0.6) is 0 Å². The fraction of sp³-hybridized carbons (Fsp3) is 0.400. The maximum atomic E-state index is 5.19. The number of rotatable bonds is 4. The Kier molecular flexibility index (Phi) is 3.43. The highest BCUT2D eigenvalue weighted by Gasteiger charge is 2.02. The summed E-state index contributed by atoms with van der Waals surface area (Å²) in [5.74, 6) is 3.53. The molecule has 1 aromatic rings. The lowest BCUT2D eigenvalue weighted by Crippen LogP contribution is -2.28. The van der Waals surface area contributed by atoms with Gasteiger partial charge in [0.2, 0.25) is 0 Å². The molecule has 0 aliphatic heterocycles. The summed E-state index contributed by atoms with van der Waals surface area (Å²) in [5.41, 5.74) is 0. The highest BCUT2D eigenvalue weighted by molar-refractivity contribution is 5.00. The Labute approximate surface area is 73.0 Å². The van der Waals surface area contributed by atoms with Gasteiger partial charge in [-0.2, -0.15) is 0 Å². The zero-order valence-corrected chi connectivity index (χ0v) is 7.21. The smallest absolute Gasteiger partial charge is 0.105 e. The summed E-state index contributed by atoms with van der Waals surface area (Å²) >= 11 is 0. The van der Waals surface area contributed by atoms with E-state index in [0.717, 1.165) is 12.2 Å². The fourth-order valence-corrected chi connectivity index (χ4v) is 1.04. The van der Waals surface area contributed by atoms with E-state index in [2.05, 4.69) is 18.2 Å². The Morgan fingerprint density at radius 2 is 2.58 bits per heavy atom. The minimum Gasteiger partial charge on any atom is -0.469 e. The van der Waals surface area contributed by atoms with Gasteiger partial charge in [-0.25, -0.2) is 0 Å². The molecular weight excluding hydrogens is 150 g/mol. The number of terminal acetylenes is 1. The molecule has 1 heterocycles. The second-order valence-corrected chi connectivity index (χ2v) is 2.77. The summed E-state index contributed by atoms with van der Waals surface area (Å²) in [6.45, 7) is 2.70. The molecule has 0 aliphatic carbocycles. The molecule has 1 aromatic heterocycles. The van der Waals surface area contributed by atoms with Crippen molar-refractivity contribution in [2.45, 2.75) is 19.4 Å². The van der Waals surface area contributed by atoms with E-state index in [-0.39, 0.29) is 0 Å². The zero-order valence-electron chi connectivity index (χ0n) is 7.21. The van der Waals surface area contributed by atoms with Crippen LogP contribution in [0.2, 0.25) is 0 Å². The van der Waals surface area contributed by atoms with E-state index in [9.17, 15) is 0 Å². The third-order valence-corrected chi connectivity index (χ3v) is 1.64. The van der Waals surface area contributed by atoms with E-state index in [0.29, 0.717) is 12.6 Å². The van der Waals surface area contributed by atoms with Gasteiger partial charge in [-0.3, -0.25) is 0 Å². The third kappa shape index (κ3) is 2.81. The molecule has 0 saturated carbocycles. The van der Waals surface area contributed by atoms with Gasteiger partial charge in [-0.1, -0.05) is 5.92 Å². The molecule has 2 heteroatoms. The van der Waals surface area contributed by atoms with Crippen molar-refractivity contribution in [1.82, 2.24) is 5.32 Å². The van der Waals surface area contributed by atoms with Gasteiger partial charge < -0.3 is 9.73 Å². The van der Waals surface area contributed by atoms with Crippen molar-refractivity contribution in [3.05, 3.63) is 24.2 Å². The van der Waals surface area contributed by atoms with Crippen molar-refractivity contribution in [3.63, 3.8) is 0 Å². The third-order valence-electron chi connectivity index (χ3n) is 1.64. The van der Waals surface area contributed by atoms with Gasteiger partial charge in [0.15, 0.2) is 0 Å². The first-order valence-electron chi connectivity index (χ1n) is 4.02. The van der Waals surface area contributed by atoms with Crippen LogP contribution in [0.15, 0.2) is 22.8 Å². The first kappa shape index (κ1) is 8.89. The summed E-state index contributed by atoms with van der Waals surface area (Å²) in [7, 11) is 0.